The third-order valence-corrected chi connectivity index (χ3v) is 6.31. The molecule has 162 valence electrons. The van der Waals surface area contributed by atoms with E-state index in [1.807, 2.05) is 0 Å². The molecule has 0 amide bonds. The second-order valence-electron chi connectivity index (χ2n) is 7.59. The highest BCUT2D eigenvalue weighted by Gasteiger charge is 2.14. The smallest absolute Gasteiger partial charge is 0.238 e. The van der Waals surface area contributed by atoms with E-state index in [9.17, 15) is 8.42 Å². The van der Waals surface area contributed by atoms with Crippen LogP contribution in [-0.2, 0) is 16.4 Å². The molecule has 2 aromatic rings. The van der Waals surface area contributed by atoms with Crippen molar-refractivity contribution in [3.63, 3.8) is 0 Å². The largest absolute Gasteiger partial charge is 0.372 e. The van der Waals surface area contributed by atoms with Crippen molar-refractivity contribution in [3.05, 3.63) is 59.7 Å². The summed E-state index contributed by atoms with van der Waals surface area (Å²) in [6, 6.07) is 15.4. The van der Waals surface area contributed by atoms with E-state index in [0.717, 1.165) is 31.0 Å². The average Bonchev–Trinajstić information content (AvgIpc) is 3.28. The number of anilines is 1. The highest BCUT2D eigenvalue weighted by atomic mass is 32.2. The molecular weight excluding hydrogens is 398 g/mol. The molecule has 0 radical (unpaired) electrons. The maximum absolute atomic E-state index is 11.3. The lowest BCUT2D eigenvalue weighted by molar-refractivity contribution is 0.598. The van der Waals surface area contributed by atoms with E-state index in [0.29, 0.717) is 6.54 Å². The van der Waals surface area contributed by atoms with Crippen LogP contribution in [0.25, 0.3) is 0 Å². The summed E-state index contributed by atoms with van der Waals surface area (Å²) < 4.78 is 22.7. The highest BCUT2D eigenvalue weighted by Crippen LogP contribution is 2.23. The number of nitrogens with zero attached hydrogens (tertiary/aromatic N) is 2. The second kappa shape index (κ2) is 9.95. The third-order valence-electron chi connectivity index (χ3n) is 5.38. The Hall–Kier alpha value is -2.58. The van der Waals surface area contributed by atoms with Gasteiger partial charge in [0.1, 0.15) is 0 Å². The summed E-state index contributed by atoms with van der Waals surface area (Å²) in [5, 5.41) is 11.9. The Balaban J connectivity index is 1.52. The van der Waals surface area contributed by atoms with Gasteiger partial charge in [-0.25, -0.2) is 13.6 Å². The zero-order valence-corrected chi connectivity index (χ0v) is 18.5. The predicted molar refractivity (Wildman–Crippen MR) is 122 cm³/mol. The molecule has 2 aromatic carbocycles. The molecule has 8 heteroatoms. The Labute approximate surface area is 179 Å². The summed E-state index contributed by atoms with van der Waals surface area (Å²) in [6.07, 6.45) is 3.27. The van der Waals surface area contributed by atoms with Crippen molar-refractivity contribution in [1.82, 2.24) is 10.6 Å². The van der Waals surface area contributed by atoms with Gasteiger partial charge in [0.25, 0.3) is 0 Å². The fourth-order valence-corrected chi connectivity index (χ4v) is 4.14. The molecule has 30 heavy (non-hydrogen) atoms. The monoisotopic (exact) mass is 429 g/mol. The number of hydrogen-bond acceptors (Lipinski definition) is 4. The van der Waals surface area contributed by atoms with Crippen LogP contribution in [0.3, 0.4) is 0 Å². The lowest BCUT2D eigenvalue weighted by Crippen LogP contribution is -2.39. The van der Waals surface area contributed by atoms with Crippen molar-refractivity contribution in [2.45, 2.75) is 37.1 Å². The number of rotatable bonds is 7. The number of guanidine groups is 1. The molecule has 3 rings (SSSR count). The molecule has 0 spiro atoms. The molecule has 1 unspecified atom stereocenters. The standard InChI is InChI=1S/C22H31N5O2S/c1-17(19-6-5-7-20(16-19)27-14-3-4-15-27)26-22(24-2)25-13-12-18-8-10-21(11-9-18)30(23,28)29/h5-11,16-17H,3-4,12-15H2,1-2H3,(H2,23,28,29)(H2,24,25,26). The first-order valence-electron chi connectivity index (χ1n) is 10.3. The van der Waals surface area contributed by atoms with Gasteiger partial charge < -0.3 is 15.5 Å². The Morgan fingerprint density at radius 2 is 1.87 bits per heavy atom. The summed E-state index contributed by atoms with van der Waals surface area (Å²) in [7, 11) is -1.90. The number of primary sulfonamides is 1. The minimum absolute atomic E-state index is 0.118. The van der Waals surface area contributed by atoms with E-state index < -0.39 is 10.0 Å². The first kappa shape index (κ1) is 22.1. The Morgan fingerprint density at radius 3 is 2.50 bits per heavy atom. The zero-order chi connectivity index (χ0) is 21.6. The van der Waals surface area contributed by atoms with E-state index in [1.54, 1.807) is 19.2 Å². The normalized spacial score (nSPS) is 15.8. The fraction of sp³-hybridized carbons (Fsp3) is 0.409. The molecule has 0 aromatic heterocycles. The van der Waals surface area contributed by atoms with Crippen LogP contribution < -0.4 is 20.7 Å². The maximum atomic E-state index is 11.3. The molecule has 1 atom stereocenters. The van der Waals surface area contributed by atoms with Crippen molar-refractivity contribution in [3.8, 4) is 0 Å². The molecule has 0 bridgehead atoms. The molecule has 0 saturated carbocycles. The van der Waals surface area contributed by atoms with Crippen LogP contribution in [0, 0.1) is 0 Å². The predicted octanol–water partition coefficient (Wildman–Crippen LogP) is 2.40. The molecule has 1 aliphatic heterocycles. The van der Waals surface area contributed by atoms with Crippen LogP contribution in [0.1, 0.15) is 36.9 Å². The van der Waals surface area contributed by atoms with Gasteiger partial charge >= 0.3 is 0 Å². The lowest BCUT2D eigenvalue weighted by atomic mass is 10.1. The molecule has 7 nitrogen and oxygen atoms in total. The van der Waals surface area contributed by atoms with Crippen LogP contribution in [0.5, 0.6) is 0 Å². The molecule has 1 aliphatic rings. The molecule has 1 heterocycles. The van der Waals surface area contributed by atoms with Crippen LogP contribution in [0.2, 0.25) is 0 Å². The van der Waals surface area contributed by atoms with E-state index in [1.165, 1.54) is 36.2 Å². The third kappa shape index (κ3) is 5.96. The summed E-state index contributed by atoms with van der Waals surface area (Å²) in [5.74, 6) is 0.732. The van der Waals surface area contributed by atoms with Gasteiger partial charge in [0.2, 0.25) is 10.0 Å². The number of nitrogens with two attached hydrogens (primary N) is 1. The van der Waals surface area contributed by atoms with E-state index in [-0.39, 0.29) is 10.9 Å². The zero-order valence-electron chi connectivity index (χ0n) is 17.6. The van der Waals surface area contributed by atoms with E-state index >= 15 is 0 Å². The van der Waals surface area contributed by atoms with Crippen molar-refractivity contribution in [2.75, 3.05) is 31.6 Å². The van der Waals surface area contributed by atoms with Gasteiger partial charge in [-0.2, -0.15) is 0 Å². The second-order valence-corrected chi connectivity index (χ2v) is 9.15. The van der Waals surface area contributed by atoms with Crippen LogP contribution in [0.15, 0.2) is 58.4 Å². The first-order chi connectivity index (χ1) is 14.4. The molecule has 1 fully saturated rings. The van der Waals surface area contributed by atoms with Gasteiger partial charge in [-0.15, -0.1) is 0 Å². The van der Waals surface area contributed by atoms with Crippen LogP contribution >= 0.6 is 0 Å². The molecule has 4 N–H and O–H groups in total. The van der Waals surface area contributed by atoms with Gasteiger partial charge in [-0.05, 0) is 61.6 Å². The van der Waals surface area contributed by atoms with Gasteiger partial charge in [-0.1, -0.05) is 24.3 Å². The molecular formula is C22H31N5O2S. The lowest BCUT2D eigenvalue weighted by Gasteiger charge is -2.22. The Kier molecular flexibility index (Phi) is 7.33. The summed E-state index contributed by atoms with van der Waals surface area (Å²) in [5.41, 5.74) is 3.53. The number of hydrogen-bond donors (Lipinski definition) is 3. The molecule has 1 saturated heterocycles. The minimum atomic E-state index is -3.65. The topological polar surface area (TPSA) is 99.8 Å². The Bertz CT molecular complexity index is 967. The van der Waals surface area contributed by atoms with Crippen molar-refractivity contribution in [1.29, 1.82) is 0 Å². The van der Waals surface area contributed by atoms with Crippen molar-refractivity contribution in [2.24, 2.45) is 10.1 Å². The first-order valence-corrected chi connectivity index (χ1v) is 11.9. The fourth-order valence-electron chi connectivity index (χ4n) is 3.62. The van der Waals surface area contributed by atoms with Crippen LogP contribution in [-0.4, -0.2) is 41.1 Å². The quantitative estimate of drug-likeness (QED) is 0.464. The number of aliphatic imine (C=N–C) groups is 1. The van der Waals surface area contributed by atoms with Crippen LogP contribution in [0.4, 0.5) is 5.69 Å². The van der Waals surface area contributed by atoms with Crippen molar-refractivity contribution < 1.29 is 8.42 Å². The SMILES string of the molecule is CN=C(NCCc1ccc(S(N)(=O)=O)cc1)NC(C)c1cccc(N2CCCC2)c1. The summed E-state index contributed by atoms with van der Waals surface area (Å²) in [6.45, 7) is 5.07. The van der Waals surface area contributed by atoms with E-state index in [4.69, 9.17) is 5.14 Å². The van der Waals surface area contributed by atoms with Gasteiger partial charge in [-0.3, -0.25) is 4.99 Å². The number of nitrogens with one attached hydrogen (secondary N) is 2. The van der Waals surface area contributed by atoms with Crippen molar-refractivity contribution >= 4 is 21.7 Å². The summed E-state index contributed by atoms with van der Waals surface area (Å²) >= 11 is 0. The highest BCUT2D eigenvalue weighted by molar-refractivity contribution is 7.89. The minimum Gasteiger partial charge on any atom is -0.372 e. The Morgan fingerprint density at radius 1 is 1.17 bits per heavy atom. The number of sulfonamides is 1. The van der Waals surface area contributed by atoms with Gasteiger partial charge in [0.05, 0.1) is 10.9 Å². The van der Waals surface area contributed by atoms with Gasteiger partial charge in [0, 0.05) is 32.4 Å². The average molecular weight is 430 g/mol. The number of benzene rings is 2. The maximum Gasteiger partial charge on any atom is 0.238 e. The van der Waals surface area contributed by atoms with Gasteiger partial charge in [0.15, 0.2) is 5.96 Å². The summed E-state index contributed by atoms with van der Waals surface area (Å²) in [4.78, 5) is 6.88. The van der Waals surface area contributed by atoms with E-state index in [2.05, 4.69) is 51.7 Å². The molecule has 0 aliphatic carbocycles.